The fourth-order valence-corrected chi connectivity index (χ4v) is 2.05. The van der Waals surface area contributed by atoms with E-state index >= 15 is 0 Å². The van der Waals surface area contributed by atoms with Crippen molar-refractivity contribution in [3.05, 3.63) is 63.4 Å². The van der Waals surface area contributed by atoms with Gasteiger partial charge in [0.25, 0.3) is 0 Å². The normalized spacial score (nSPS) is 9.85. The summed E-state index contributed by atoms with van der Waals surface area (Å²) < 4.78 is 20.0. The molecule has 20 heavy (non-hydrogen) atoms. The van der Waals surface area contributed by atoms with Crippen LogP contribution in [0, 0.1) is 17.1 Å². The van der Waals surface area contributed by atoms with E-state index in [1.807, 2.05) is 0 Å². The summed E-state index contributed by atoms with van der Waals surface area (Å²) in [4.78, 5) is 10.9. The van der Waals surface area contributed by atoms with Crippen molar-refractivity contribution >= 4 is 22.2 Å². The second kappa shape index (κ2) is 6.31. The molecule has 0 saturated heterocycles. The van der Waals surface area contributed by atoms with Crippen LogP contribution in [0.2, 0.25) is 0 Å². The van der Waals surface area contributed by atoms with Gasteiger partial charge in [0, 0.05) is 10.0 Å². The number of nitriles is 1. The Bertz CT molecular complexity index is 695. The highest BCUT2D eigenvalue weighted by molar-refractivity contribution is 9.10. The Morgan fingerprint density at radius 2 is 2.15 bits per heavy atom. The molecule has 0 spiro atoms. The lowest BCUT2D eigenvalue weighted by Gasteiger charge is -2.10. The fourth-order valence-electron chi connectivity index (χ4n) is 1.68. The van der Waals surface area contributed by atoms with E-state index in [1.165, 1.54) is 12.1 Å². The SMILES string of the molecule is N#Cc1cccc(COc2ccc(Br)cc2C=O)c1F. The van der Waals surface area contributed by atoms with Crippen molar-refractivity contribution in [2.24, 2.45) is 0 Å². The Labute approximate surface area is 123 Å². The molecule has 2 aromatic carbocycles. The van der Waals surface area contributed by atoms with E-state index in [-0.39, 0.29) is 17.7 Å². The first-order valence-electron chi connectivity index (χ1n) is 5.70. The van der Waals surface area contributed by atoms with E-state index in [9.17, 15) is 9.18 Å². The third-order valence-corrected chi connectivity index (χ3v) is 3.17. The zero-order chi connectivity index (χ0) is 14.5. The van der Waals surface area contributed by atoms with Gasteiger partial charge in [0.1, 0.15) is 24.2 Å². The van der Waals surface area contributed by atoms with Crippen LogP contribution in [0.3, 0.4) is 0 Å². The second-order valence-electron chi connectivity index (χ2n) is 3.98. The largest absolute Gasteiger partial charge is 0.488 e. The second-order valence-corrected chi connectivity index (χ2v) is 4.89. The first kappa shape index (κ1) is 14.2. The first-order valence-corrected chi connectivity index (χ1v) is 6.50. The van der Waals surface area contributed by atoms with E-state index in [1.54, 1.807) is 30.3 Å². The van der Waals surface area contributed by atoms with Gasteiger partial charge in [-0.05, 0) is 24.3 Å². The summed E-state index contributed by atoms with van der Waals surface area (Å²) in [6, 6.07) is 11.3. The average Bonchev–Trinajstić information content (AvgIpc) is 2.47. The van der Waals surface area contributed by atoms with E-state index in [0.717, 1.165) is 4.47 Å². The van der Waals surface area contributed by atoms with Gasteiger partial charge in [-0.3, -0.25) is 4.79 Å². The molecule has 100 valence electrons. The van der Waals surface area contributed by atoms with Crippen molar-refractivity contribution < 1.29 is 13.9 Å². The molecule has 5 heteroatoms. The van der Waals surface area contributed by atoms with Crippen LogP contribution in [0.25, 0.3) is 0 Å². The van der Waals surface area contributed by atoms with E-state index < -0.39 is 5.82 Å². The maximum Gasteiger partial charge on any atom is 0.153 e. The minimum Gasteiger partial charge on any atom is -0.488 e. The number of hydrogen-bond acceptors (Lipinski definition) is 3. The van der Waals surface area contributed by atoms with Crippen LogP contribution in [0.1, 0.15) is 21.5 Å². The van der Waals surface area contributed by atoms with Gasteiger partial charge in [-0.2, -0.15) is 5.26 Å². The Kier molecular flexibility index (Phi) is 4.49. The summed E-state index contributed by atoms with van der Waals surface area (Å²) in [6.45, 7) is -0.0518. The summed E-state index contributed by atoms with van der Waals surface area (Å²) in [5.74, 6) is -0.232. The van der Waals surface area contributed by atoms with Crippen molar-refractivity contribution in [1.82, 2.24) is 0 Å². The number of aldehydes is 1. The minimum atomic E-state index is -0.597. The molecule has 0 fully saturated rings. The van der Waals surface area contributed by atoms with Gasteiger partial charge in [-0.25, -0.2) is 4.39 Å². The molecule has 0 saturated carbocycles. The molecule has 0 aliphatic carbocycles. The van der Waals surface area contributed by atoms with Gasteiger partial charge in [0.15, 0.2) is 6.29 Å². The summed E-state index contributed by atoms with van der Waals surface area (Å²) in [6.07, 6.45) is 0.669. The van der Waals surface area contributed by atoms with Gasteiger partial charge in [0.2, 0.25) is 0 Å². The number of halogens is 2. The van der Waals surface area contributed by atoms with Gasteiger partial charge in [0.05, 0.1) is 11.1 Å². The molecule has 0 amide bonds. The molecular weight excluding hydrogens is 325 g/mol. The third kappa shape index (κ3) is 3.03. The quantitative estimate of drug-likeness (QED) is 0.798. The zero-order valence-corrected chi connectivity index (χ0v) is 11.9. The monoisotopic (exact) mass is 333 g/mol. The number of carbonyl (C=O) groups excluding carboxylic acids is 1. The highest BCUT2D eigenvalue weighted by Gasteiger charge is 2.09. The maximum atomic E-state index is 13.8. The van der Waals surface area contributed by atoms with Crippen LogP contribution >= 0.6 is 15.9 Å². The number of hydrogen-bond donors (Lipinski definition) is 0. The molecular formula is C15H9BrFNO2. The molecule has 0 radical (unpaired) electrons. The zero-order valence-electron chi connectivity index (χ0n) is 10.3. The molecule has 0 aromatic heterocycles. The van der Waals surface area contributed by atoms with Gasteiger partial charge in [-0.15, -0.1) is 0 Å². The fraction of sp³-hybridized carbons (Fsp3) is 0.0667. The lowest BCUT2D eigenvalue weighted by atomic mass is 10.1. The molecule has 0 heterocycles. The minimum absolute atomic E-state index is 0.0301. The molecule has 0 bridgehead atoms. The standard InChI is InChI=1S/C15H9BrFNO2/c16-13-4-5-14(12(6-13)8-19)20-9-11-3-1-2-10(7-18)15(11)17/h1-6,8H,9H2. The summed E-state index contributed by atoms with van der Waals surface area (Å²) >= 11 is 3.25. The van der Waals surface area contributed by atoms with E-state index in [4.69, 9.17) is 10.00 Å². The number of carbonyl (C=O) groups is 1. The number of nitrogens with zero attached hydrogens (tertiary/aromatic N) is 1. The predicted molar refractivity (Wildman–Crippen MR) is 75.0 cm³/mol. The van der Waals surface area contributed by atoms with Gasteiger partial charge < -0.3 is 4.74 Å². The maximum absolute atomic E-state index is 13.8. The highest BCUT2D eigenvalue weighted by atomic mass is 79.9. The van der Waals surface area contributed by atoms with Crippen LogP contribution in [0.15, 0.2) is 40.9 Å². The van der Waals surface area contributed by atoms with Crippen LogP contribution in [0.4, 0.5) is 4.39 Å². The number of rotatable bonds is 4. The van der Waals surface area contributed by atoms with E-state index in [0.29, 0.717) is 17.6 Å². The van der Waals surface area contributed by atoms with Gasteiger partial charge in [-0.1, -0.05) is 28.1 Å². The highest BCUT2D eigenvalue weighted by Crippen LogP contribution is 2.23. The smallest absolute Gasteiger partial charge is 0.153 e. The van der Waals surface area contributed by atoms with Crippen LogP contribution < -0.4 is 4.74 Å². The van der Waals surface area contributed by atoms with Crippen LogP contribution in [0.5, 0.6) is 5.75 Å². The molecule has 2 rings (SSSR count). The van der Waals surface area contributed by atoms with Crippen molar-refractivity contribution in [2.75, 3.05) is 0 Å². The Morgan fingerprint density at radius 1 is 1.35 bits per heavy atom. The lowest BCUT2D eigenvalue weighted by Crippen LogP contribution is -2.02. The molecule has 0 atom stereocenters. The molecule has 3 nitrogen and oxygen atoms in total. The molecule has 0 aliphatic heterocycles. The van der Waals surface area contributed by atoms with Crippen LogP contribution in [-0.2, 0) is 6.61 Å². The molecule has 0 aliphatic rings. The predicted octanol–water partition coefficient (Wildman–Crippen LogP) is 3.85. The molecule has 2 aromatic rings. The third-order valence-electron chi connectivity index (χ3n) is 2.68. The summed E-state index contributed by atoms with van der Waals surface area (Å²) in [5.41, 5.74) is 0.609. The first-order chi connectivity index (χ1) is 9.65. The van der Waals surface area contributed by atoms with Gasteiger partial charge >= 0.3 is 0 Å². The van der Waals surface area contributed by atoms with Crippen molar-refractivity contribution in [3.8, 4) is 11.8 Å². The number of ether oxygens (including phenoxy) is 1. The number of benzene rings is 2. The summed E-state index contributed by atoms with van der Waals surface area (Å²) in [7, 11) is 0. The van der Waals surface area contributed by atoms with Crippen molar-refractivity contribution in [1.29, 1.82) is 5.26 Å². The van der Waals surface area contributed by atoms with Crippen LogP contribution in [-0.4, -0.2) is 6.29 Å². The van der Waals surface area contributed by atoms with E-state index in [2.05, 4.69) is 15.9 Å². The Hall–Kier alpha value is -2.19. The summed E-state index contributed by atoms with van der Waals surface area (Å²) in [5, 5.41) is 8.76. The molecule has 0 N–H and O–H groups in total. The lowest BCUT2D eigenvalue weighted by molar-refractivity contribution is 0.111. The molecule has 0 unspecified atom stereocenters. The van der Waals surface area contributed by atoms with Crippen molar-refractivity contribution in [2.45, 2.75) is 6.61 Å². The Morgan fingerprint density at radius 3 is 2.85 bits per heavy atom. The average molecular weight is 334 g/mol. The van der Waals surface area contributed by atoms with Crippen molar-refractivity contribution in [3.63, 3.8) is 0 Å². The topological polar surface area (TPSA) is 50.1 Å². The Balaban J connectivity index is 2.22.